The number of rotatable bonds is 6. The average Bonchev–Trinajstić information content (AvgIpc) is 3.00. The molecule has 12 heteroatoms. The number of aryl methyl sites for hydroxylation is 2. The topological polar surface area (TPSA) is 80.6 Å². The molecule has 2 aromatic heterocycles. The molecule has 0 unspecified atom stereocenters. The Kier molecular flexibility index (Phi) is 7.51. The largest absolute Gasteiger partial charge is 0.456 e. The predicted octanol–water partition coefficient (Wildman–Crippen LogP) is 2.93. The maximum atomic E-state index is 12.8. The van der Waals surface area contributed by atoms with Crippen molar-refractivity contribution in [3.63, 3.8) is 0 Å². The second-order valence-electron chi connectivity index (χ2n) is 7.83. The molecule has 1 saturated heterocycles. The summed E-state index contributed by atoms with van der Waals surface area (Å²) in [6.07, 6.45) is -3.15. The molecule has 1 fully saturated rings. The molecule has 0 radical (unpaired) electrons. The Labute approximate surface area is 194 Å². The third kappa shape index (κ3) is 5.95. The van der Waals surface area contributed by atoms with Crippen LogP contribution in [0.4, 0.5) is 19.0 Å². The quantitative estimate of drug-likeness (QED) is 0.583. The predicted molar refractivity (Wildman–Crippen MR) is 115 cm³/mol. The highest BCUT2D eigenvalue weighted by Gasteiger charge is 2.32. The number of alkyl halides is 3. The van der Waals surface area contributed by atoms with E-state index in [1.807, 2.05) is 20.9 Å². The molecule has 1 amide bonds. The lowest BCUT2D eigenvalue weighted by Crippen LogP contribution is -2.50. The average molecular weight is 488 g/mol. The zero-order chi connectivity index (χ0) is 24.3. The fraction of sp³-hybridized carbons (Fsp3) is 0.524. The van der Waals surface area contributed by atoms with E-state index in [0.29, 0.717) is 32.6 Å². The number of hydrogen-bond acceptors (Lipinski definition) is 6. The highest BCUT2D eigenvalue weighted by atomic mass is 35.5. The van der Waals surface area contributed by atoms with Gasteiger partial charge in [-0.15, -0.1) is 0 Å². The number of amides is 1. The van der Waals surface area contributed by atoms with E-state index in [-0.39, 0.29) is 29.8 Å². The first kappa shape index (κ1) is 24.8. The van der Waals surface area contributed by atoms with E-state index in [1.54, 1.807) is 9.58 Å². The van der Waals surface area contributed by atoms with Gasteiger partial charge >= 0.3 is 12.1 Å². The fourth-order valence-electron chi connectivity index (χ4n) is 3.70. The molecule has 3 rings (SSSR count). The van der Waals surface area contributed by atoms with Crippen LogP contribution in [0.2, 0.25) is 5.02 Å². The number of piperazine rings is 1. The van der Waals surface area contributed by atoms with Gasteiger partial charge in [-0.05, 0) is 31.9 Å². The molecule has 0 aromatic carbocycles. The molecule has 1 aliphatic heterocycles. The molecule has 0 saturated carbocycles. The summed E-state index contributed by atoms with van der Waals surface area (Å²) in [4.78, 5) is 31.6. The number of pyridine rings is 1. The second-order valence-corrected chi connectivity index (χ2v) is 8.24. The van der Waals surface area contributed by atoms with Crippen LogP contribution in [0.1, 0.15) is 28.9 Å². The second kappa shape index (κ2) is 9.98. The van der Waals surface area contributed by atoms with E-state index in [0.717, 1.165) is 29.2 Å². The minimum absolute atomic E-state index is 0.0994. The van der Waals surface area contributed by atoms with E-state index in [9.17, 15) is 22.8 Å². The lowest BCUT2D eigenvalue weighted by molar-refractivity contribution is -0.152. The van der Waals surface area contributed by atoms with Gasteiger partial charge < -0.3 is 14.5 Å². The highest BCUT2D eigenvalue weighted by molar-refractivity contribution is 6.33. The van der Waals surface area contributed by atoms with Gasteiger partial charge in [0.1, 0.15) is 5.82 Å². The summed E-state index contributed by atoms with van der Waals surface area (Å²) in [5, 5.41) is 4.21. The number of anilines is 1. The molecule has 2 aromatic rings. The van der Waals surface area contributed by atoms with E-state index in [4.69, 9.17) is 16.3 Å². The molecule has 0 spiro atoms. The standard InChI is InChI=1S/C21H25ClF3N5O3/c1-13-16(14(2)28(3)27-13)4-5-19(32)33-12-18(31)29-6-8-30(9-7-29)20-17(22)10-15(11-26-20)21(23,24)25/h10-11H,4-9,12H2,1-3H3. The Morgan fingerprint density at radius 2 is 1.85 bits per heavy atom. The van der Waals surface area contributed by atoms with Gasteiger partial charge in [0.05, 0.1) is 16.3 Å². The first-order valence-corrected chi connectivity index (χ1v) is 10.7. The number of aromatic nitrogens is 3. The van der Waals surface area contributed by atoms with Crippen molar-refractivity contribution in [2.75, 3.05) is 37.7 Å². The molecule has 0 atom stereocenters. The summed E-state index contributed by atoms with van der Waals surface area (Å²) in [7, 11) is 1.84. The summed E-state index contributed by atoms with van der Waals surface area (Å²) < 4.78 is 45.2. The van der Waals surface area contributed by atoms with Gasteiger partial charge in [0.25, 0.3) is 5.91 Å². The van der Waals surface area contributed by atoms with Crippen molar-refractivity contribution in [1.82, 2.24) is 19.7 Å². The van der Waals surface area contributed by atoms with Crippen molar-refractivity contribution >= 4 is 29.3 Å². The Hall–Kier alpha value is -2.82. The zero-order valence-electron chi connectivity index (χ0n) is 18.6. The number of carbonyl (C=O) groups is 2. The smallest absolute Gasteiger partial charge is 0.417 e. The van der Waals surface area contributed by atoms with E-state index < -0.39 is 17.7 Å². The third-order valence-electron chi connectivity index (χ3n) is 5.68. The molecule has 33 heavy (non-hydrogen) atoms. The van der Waals surface area contributed by atoms with Crippen molar-refractivity contribution in [3.05, 3.63) is 39.8 Å². The van der Waals surface area contributed by atoms with Gasteiger partial charge in [-0.1, -0.05) is 11.6 Å². The monoisotopic (exact) mass is 487 g/mol. The van der Waals surface area contributed by atoms with Gasteiger partial charge in [0.15, 0.2) is 6.61 Å². The van der Waals surface area contributed by atoms with Gasteiger partial charge in [0.2, 0.25) is 0 Å². The number of esters is 1. The van der Waals surface area contributed by atoms with Crippen LogP contribution in [-0.4, -0.2) is 64.3 Å². The van der Waals surface area contributed by atoms with E-state index in [2.05, 4.69) is 10.1 Å². The molecule has 0 N–H and O–H groups in total. The molecule has 1 aliphatic rings. The van der Waals surface area contributed by atoms with E-state index >= 15 is 0 Å². The third-order valence-corrected chi connectivity index (χ3v) is 5.95. The molecule has 8 nitrogen and oxygen atoms in total. The summed E-state index contributed by atoms with van der Waals surface area (Å²) >= 11 is 6.00. The lowest BCUT2D eigenvalue weighted by Gasteiger charge is -2.35. The number of nitrogens with zero attached hydrogens (tertiary/aromatic N) is 5. The first-order chi connectivity index (χ1) is 15.5. The molecule has 0 aliphatic carbocycles. The Balaban J connectivity index is 1.45. The van der Waals surface area contributed by atoms with Gasteiger partial charge in [-0.3, -0.25) is 14.3 Å². The summed E-state index contributed by atoms with van der Waals surface area (Å²) in [6.45, 7) is 4.76. The summed E-state index contributed by atoms with van der Waals surface area (Å²) in [5.41, 5.74) is 1.92. The molecule has 180 valence electrons. The number of ether oxygens (including phenoxy) is 1. The van der Waals surface area contributed by atoms with Gasteiger partial charge in [-0.25, -0.2) is 4.98 Å². The normalized spacial score (nSPS) is 14.5. The van der Waals surface area contributed by atoms with Crippen LogP contribution in [0.15, 0.2) is 12.3 Å². The van der Waals surface area contributed by atoms with Crippen LogP contribution < -0.4 is 4.90 Å². The Morgan fingerprint density at radius 1 is 1.18 bits per heavy atom. The van der Waals surface area contributed by atoms with Crippen LogP contribution in [0, 0.1) is 13.8 Å². The van der Waals surface area contributed by atoms with Crippen molar-refractivity contribution in [1.29, 1.82) is 0 Å². The molecule has 3 heterocycles. The van der Waals surface area contributed by atoms with Crippen molar-refractivity contribution in [3.8, 4) is 0 Å². The number of carbonyl (C=O) groups excluding carboxylic acids is 2. The summed E-state index contributed by atoms with van der Waals surface area (Å²) in [6, 6.07) is 0.843. The maximum Gasteiger partial charge on any atom is 0.417 e. The number of halogens is 4. The lowest BCUT2D eigenvalue weighted by atomic mass is 10.1. The summed E-state index contributed by atoms with van der Waals surface area (Å²) in [5.74, 6) is -0.558. The van der Waals surface area contributed by atoms with Crippen LogP contribution in [0.3, 0.4) is 0 Å². The van der Waals surface area contributed by atoms with Crippen LogP contribution in [0.5, 0.6) is 0 Å². The first-order valence-electron chi connectivity index (χ1n) is 10.4. The molecular formula is C21H25ClF3N5O3. The van der Waals surface area contributed by atoms with Crippen molar-refractivity contribution < 1.29 is 27.5 Å². The minimum Gasteiger partial charge on any atom is -0.456 e. The maximum absolute atomic E-state index is 12.8. The zero-order valence-corrected chi connectivity index (χ0v) is 19.3. The highest BCUT2D eigenvalue weighted by Crippen LogP contribution is 2.33. The Bertz CT molecular complexity index is 1030. The van der Waals surface area contributed by atoms with Gasteiger partial charge in [0, 0.05) is 51.5 Å². The number of hydrogen-bond donors (Lipinski definition) is 0. The SMILES string of the molecule is Cc1nn(C)c(C)c1CCC(=O)OCC(=O)N1CCN(c2ncc(C(F)(F)F)cc2Cl)CC1. The molecular weight excluding hydrogens is 463 g/mol. The van der Waals surface area contributed by atoms with Crippen LogP contribution >= 0.6 is 11.6 Å². The Morgan fingerprint density at radius 3 is 2.39 bits per heavy atom. The van der Waals surface area contributed by atoms with Gasteiger partial charge in [-0.2, -0.15) is 18.3 Å². The van der Waals surface area contributed by atoms with Crippen LogP contribution in [0.25, 0.3) is 0 Å². The van der Waals surface area contributed by atoms with Crippen molar-refractivity contribution in [2.45, 2.75) is 32.9 Å². The van der Waals surface area contributed by atoms with E-state index in [1.165, 1.54) is 4.90 Å². The van der Waals surface area contributed by atoms with Crippen LogP contribution in [-0.2, 0) is 34.0 Å². The van der Waals surface area contributed by atoms with Crippen molar-refractivity contribution in [2.24, 2.45) is 7.05 Å². The minimum atomic E-state index is -4.52. The fourth-order valence-corrected chi connectivity index (χ4v) is 3.98. The molecule has 0 bridgehead atoms.